The van der Waals surface area contributed by atoms with Gasteiger partial charge >= 0.3 is 6.18 Å². The molecule has 0 aromatic heterocycles. The molecule has 1 aliphatic heterocycles. The molecule has 1 aliphatic rings. The highest BCUT2D eigenvalue weighted by molar-refractivity contribution is 5.83. The molecule has 0 saturated carbocycles. The molecule has 0 atom stereocenters. The van der Waals surface area contributed by atoms with Gasteiger partial charge in [-0.1, -0.05) is 6.08 Å². The van der Waals surface area contributed by atoms with Crippen LogP contribution in [0, 0.1) is 0 Å². The van der Waals surface area contributed by atoms with E-state index in [0.29, 0.717) is 0 Å². The number of hydrogen-bond donors (Lipinski definition) is 0. The van der Waals surface area contributed by atoms with Gasteiger partial charge < -0.3 is 9.69 Å². The molecule has 0 aromatic rings. The quantitative estimate of drug-likeness (QED) is 0.718. The Bertz CT molecular complexity index is 347. The largest absolute Gasteiger partial charge is 0.412 e. The number of nitrogens with zero attached hydrogens (tertiary/aromatic N) is 1. The zero-order chi connectivity index (χ0) is 13.1. The van der Waals surface area contributed by atoms with Gasteiger partial charge in [0.2, 0.25) is 5.91 Å². The van der Waals surface area contributed by atoms with E-state index >= 15 is 0 Å². The van der Waals surface area contributed by atoms with Crippen molar-refractivity contribution in [1.29, 1.82) is 0 Å². The van der Waals surface area contributed by atoms with E-state index in [1.165, 1.54) is 11.8 Å². The first kappa shape index (κ1) is 13.7. The van der Waals surface area contributed by atoms with Gasteiger partial charge in [-0.25, -0.2) is 0 Å². The molecular formula is C11H14F3NO2. The molecule has 0 spiro atoms. The fourth-order valence-corrected chi connectivity index (χ4v) is 1.59. The molecule has 96 valence electrons. The zero-order valence-electron chi connectivity index (χ0n) is 9.51. The maximum atomic E-state index is 12.3. The van der Waals surface area contributed by atoms with Gasteiger partial charge in [0.25, 0.3) is 0 Å². The Morgan fingerprint density at radius 1 is 1.35 bits per heavy atom. The van der Waals surface area contributed by atoms with E-state index in [1.807, 2.05) is 0 Å². The summed E-state index contributed by atoms with van der Waals surface area (Å²) in [6.45, 7) is 1.43. The molecule has 6 heteroatoms. The van der Waals surface area contributed by atoms with Crippen LogP contribution >= 0.6 is 0 Å². The fourth-order valence-electron chi connectivity index (χ4n) is 1.59. The number of rotatable bonds is 3. The molecule has 0 saturated heterocycles. The Kier molecular flexibility index (Phi) is 4.31. The van der Waals surface area contributed by atoms with Crippen molar-refractivity contribution in [2.45, 2.75) is 32.4 Å². The van der Waals surface area contributed by atoms with Crippen LogP contribution in [0.3, 0.4) is 0 Å². The predicted octanol–water partition coefficient (Wildman–Crippen LogP) is 2.08. The molecule has 0 bridgehead atoms. The van der Waals surface area contributed by atoms with Crippen LogP contribution in [0.5, 0.6) is 0 Å². The number of ketones is 1. The number of hydrogen-bond acceptors (Lipinski definition) is 2. The van der Waals surface area contributed by atoms with Gasteiger partial charge in [-0.3, -0.25) is 4.79 Å². The summed E-state index contributed by atoms with van der Waals surface area (Å²) < 4.78 is 36.9. The average molecular weight is 249 g/mol. The second-order valence-electron chi connectivity index (χ2n) is 4.02. The Labute approximate surface area is 97.3 Å². The lowest BCUT2D eigenvalue weighted by atomic mass is 10.1. The van der Waals surface area contributed by atoms with E-state index < -0.39 is 11.7 Å². The van der Waals surface area contributed by atoms with E-state index in [2.05, 4.69) is 0 Å². The maximum Gasteiger partial charge on any atom is 0.412 e. The predicted molar refractivity (Wildman–Crippen MR) is 55.3 cm³/mol. The standard InChI is InChI=1S/C11H14F3NO2/c1-8(16)2-3-10(17)15-6-4-9(5-7-15)11(12,13)14/h4H,2-3,5-7H2,1H3. The smallest absolute Gasteiger partial charge is 0.339 e. The van der Waals surface area contributed by atoms with E-state index in [0.717, 1.165) is 6.08 Å². The molecule has 1 amide bonds. The number of halogens is 3. The van der Waals surface area contributed by atoms with Crippen LogP contribution in [0.25, 0.3) is 0 Å². The van der Waals surface area contributed by atoms with Gasteiger partial charge in [0, 0.05) is 31.5 Å². The van der Waals surface area contributed by atoms with Gasteiger partial charge in [-0.05, 0) is 13.3 Å². The molecule has 0 N–H and O–H groups in total. The van der Waals surface area contributed by atoms with Gasteiger partial charge in [-0.2, -0.15) is 13.2 Å². The Morgan fingerprint density at radius 3 is 2.41 bits per heavy atom. The molecule has 0 unspecified atom stereocenters. The van der Waals surface area contributed by atoms with Gasteiger partial charge in [0.1, 0.15) is 5.78 Å². The number of alkyl halides is 3. The van der Waals surface area contributed by atoms with Crippen molar-refractivity contribution in [2.24, 2.45) is 0 Å². The Hall–Kier alpha value is -1.33. The van der Waals surface area contributed by atoms with Gasteiger partial charge in [-0.15, -0.1) is 0 Å². The maximum absolute atomic E-state index is 12.3. The van der Waals surface area contributed by atoms with Crippen LogP contribution in [0.1, 0.15) is 26.2 Å². The van der Waals surface area contributed by atoms with E-state index in [4.69, 9.17) is 0 Å². The van der Waals surface area contributed by atoms with Gasteiger partial charge in [0.15, 0.2) is 0 Å². The van der Waals surface area contributed by atoms with Crippen LogP contribution < -0.4 is 0 Å². The highest BCUT2D eigenvalue weighted by atomic mass is 19.4. The van der Waals surface area contributed by atoms with Crippen LogP contribution in [0.4, 0.5) is 13.2 Å². The summed E-state index contributed by atoms with van der Waals surface area (Å²) in [5, 5.41) is 0. The third kappa shape index (κ3) is 4.20. The highest BCUT2D eigenvalue weighted by Crippen LogP contribution is 2.30. The molecule has 0 radical (unpaired) electrons. The summed E-state index contributed by atoms with van der Waals surface area (Å²) in [6.07, 6.45) is -3.21. The fraction of sp³-hybridized carbons (Fsp3) is 0.636. The molecule has 0 aliphatic carbocycles. The molecule has 0 aromatic carbocycles. The Morgan fingerprint density at radius 2 is 2.00 bits per heavy atom. The second-order valence-corrected chi connectivity index (χ2v) is 4.02. The molecule has 17 heavy (non-hydrogen) atoms. The lowest BCUT2D eigenvalue weighted by Gasteiger charge is -2.27. The summed E-state index contributed by atoms with van der Waals surface area (Å²) in [7, 11) is 0. The average Bonchev–Trinajstić information content (AvgIpc) is 2.25. The van der Waals surface area contributed by atoms with Gasteiger partial charge in [0.05, 0.1) is 0 Å². The van der Waals surface area contributed by atoms with E-state index in [-0.39, 0.29) is 44.0 Å². The summed E-state index contributed by atoms with van der Waals surface area (Å²) in [5.41, 5.74) is -0.576. The van der Waals surface area contributed by atoms with Crippen molar-refractivity contribution in [3.63, 3.8) is 0 Å². The lowest BCUT2D eigenvalue weighted by Crippen LogP contribution is -2.36. The topological polar surface area (TPSA) is 37.4 Å². The molecule has 0 fully saturated rings. The minimum Gasteiger partial charge on any atom is -0.339 e. The van der Waals surface area contributed by atoms with Crippen LogP contribution in [0.2, 0.25) is 0 Å². The van der Waals surface area contributed by atoms with Crippen molar-refractivity contribution in [3.8, 4) is 0 Å². The van der Waals surface area contributed by atoms with Crippen LogP contribution in [-0.4, -0.2) is 35.9 Å². The zero-order valence-corrected chi connectivity index (χ0v) is 9.51. The first-order valence-electron chi connectivity index (χ1n) is 5.34. The third-order valence-corrected chi connectivity index (χ3v) is 2.62. The van der Waals surface area contributed by atoms with E-state index in [1.54, 1.807) is 0 Å². The molecule has 1 rings (SSSR count). The first-order chi connectivity index (χ1) is 7.80. The van der Waals surface area contributed by atoms with E-state index in [9.17, 15) is 22.8 Å². The number of carbonyl (C=O) groups excluding carboxylic acids is 2. The minimum atomic E-state index is -4.30. The SMILES string of the molecule is CC(=O)CCC(=O)N1CC=C(C(F)(F)F)CC1. The van der Waals surface area contributed by atoms with Crippen molar-refractivity contribution in [2.75, 3.05) is 13.1 Å². The summed E-state index contributed by atoms with van der Waals surface area (Å²) in [4.78, 5) is 23.6. The number of amides is 1. The van der Waals surface area contributed by atoms with Crippen LogP contribution in [-0.2, 0) is 9.59 Å². The lowest BCUT2D eigenvalue weighted by molar-refractivity contribution is -0.133. The Balaban J connectivity index is 2.49. The second kappa shape index (κ2) is 5.33. The van der Waals surface area contributed by atoms with Crippen molar-refractivity contribution < 1.29 is 22.8 Å². The molecular weight excluding hydrogens is 235 g/mol. The minimum absolute atomic E-state index is 0.0222. The first-order valence-corrected chi connectivity index (χ1v) is 5.34. The van der Waals surface area contributed by atoms with Crippen molar-refractivity contribution >= 4 is 11.7 Å². The molecule has 3 nitrogen and oxygen atoms in total. The number of Topliss-reactive ketones (excluding diaryl/α,β-unsaturated/α-hetero) is 1. The normalized spacial score (nSPS) is 16.7. The summed E-state index contributed by atoms with van der Waals surface area (Å²) in [6, 6.07) is 0. The number of carbonyl (C=O) groups is 2. The van der Waals surface area contributed by atoms with Crippen LogP contribution in [0.15, 0.2) is 11.6 Å². The summed E-state index contributed by atoms with van der Waals surface area (Å²) >= 11 is 0. The molecule has 1 heterocycles. The third-order valence-electron chi connectivity index (χ3n) is 2.62. The van der Waals surface area contributed by atoms with Crippen molar-refractivity contribution in [1.82, 2.24) is 4.90 Å². The summed E-state index contributed by atoms with van der Waals surface area (Å²) in [5.74, 6) is -0.362. The monoisotopic (exact) mass is 249 g/mol. The van der Waals surface area contributed by atoms with Crippen molar-refractivity contribution in [3.05, 3.63) is 11.6 Å². The highest BCUT2D eigenvalue weighted by Gasteiger charge is 2.35.